The summed E-state index contributed by atoms with van der Waals surface area (Å²) in [7, 11) is 0. The highest BCUT2D eigenvalue weighted by Gasteiger charge is 2.33. The number of hydrogen-bond acceptors (Lipinski definition) is 4. The molecule has 6 heteroatoms. The summed E-state index contributed by atoms with van der Waals surface area (Å²) in [5.41, 5.74) is 2.59. The minimum Gasteiger partial charge on any atom is -0.487 e. The summed E-state index contributed by atoms with van der Waals surface area (Å²) in [5, 5.41) is 0. The lowest BCUT2D eigenvalue weighted by Crippen LogP contribution is -2.39. The second-order valence-corrected chi connectivity index (χ2v) is 8.88. The van der Waals surface area contributed by atoms with Crippen molar-refractivity contribution in [1.29, 1.82) is 0 Å². The van der Waals surface area contributed by atoms with Gasteiger partial charge in [-0.25, -0.2) is 4.98 Å². The number of carbonyl (C=O) groups is 2. The number of piperidine rings is 1. The maximum Gasteiger partial charge on any atom is 0.253 e. The lowest BCUT2D eigenvalue weighted by molar-refractivity contribution is 0.0619. The van der Waals surface area contributed by atoms with Gasteiger partial charge in [0.15, 0.2) is 5.78 Å². The summed E-state index contributed by atoms with van der Waals surface area (Å²) in [6.07, 6.45) is 2.06. The Morgan fingerprint density at radius 1 is 1.17 bits per heavy atom. The largest absolute Gasteiger partial charge is 0.487 e. The van der Waals surface area contributed by atoms with Gasteiger partial charge in [0.2, 0.25) is 0 Å². The van der Waals surface area contributed by atoms with Crippen molar-refractivity contribution in [2.75, 3.05) is 13.1 Å². The molecular formula is C24H25N3O3. The molecule has 0 unspecified atom stereocenters. The monoisotopic (exact) mass is 403 g/mol. The smallest absolute Gasteiger partial charge is 0.253 e. The van der Waals surface area contributed by atoms with Gasteiger partial charge in [0.25, 0.3) is 5.91 Å². The molecule has 0 aliphatic carbocycles. The van der Waals surface area contributed by atoms with Crippen LogP contribution in [-0.4, -0.2) is 45.2 Å². The molecule has 2 aromatic carbocycles. The van der Waals surface area contributed by atoms with Gasteiger partial charge in [-0.15, -0.1) is 0 Å². The summed E-state index contributed by atoms with van der Waals surface area (Å²) >= 11 is 0. The van der Waals surface area contributed by atoms with E-state index in [4.69, 9.17) is 9.72 Å². The Morgan fingerprint density at radius 2 is 1.93 bits per heavy atom. The molecule has 2 aliphatic rings. The summed E-state index contributed by atoms with van der Waals surface area (Å²) < 4.78 is 5.90. The van der Waals surface area contributed by atoms with Crippen LogP contribution in [-0.2, 0) is 0 Å². The Labute approximate surface area is 175 Å². The highest BCUT2D eigenvalue weighted by Crippen LogP contribution is 2.34. The van der Waals surface area contributed by atoms with Crippen LogP contribution in [0.2, 0.25) is 0 Å². The van der Waals surface area contributed by atoms with E-state index in [9.17, 15) is 9.59 Å². The third kappa shape index (κ3) is 3.36. The molecule has 0 saturated carbocycles. The van der Waals surface area contributed by atoms with Crippen LogP contribution in [0.1, 0.15) is 65.6 Å². The molecule has 5 rings (SSSR count). The van der Waals surface area contributed by atoms with Crippen molar-refractivity contribution in [2.45, 2.75) is 44.6 Å². The van der Waals surface area contributed by atoms with Gasteiger partial charge in [-0.2, -0.15) is 0 Å². The fraction of sp³-hybridized carbons (Fsp3) is 0.375. The van der Waals surface area contributed by atoms with Gasteiger partial charge in [0.05, 0.1) is 23.0 Å². The lowest BCUT2D eigenvalue weighted by atomic mass is 9.91. The van der Waals surface area contributed by atoms with Crippen LogP contribution in [0.5, 0.6) is 5.75 Å². The van der Waals surface area contributed by atoms with Crippen LogP contribution < -0.4 is 4.74 Å². The van der Waals surface area contributed by atoms with Crippen molar-refractivity contribution < 1.29 is 14.3 Å². The summed E-state index contributed by atoms with van der Waals surface area (Å²) in [4.78, 5) is 35.6. The molecule has 154 valence electrons. The standard InChI is InChI=1S/C24H25N3O3/c1-24(2)14-20(28)17-13-16(7-8-21(17)30-24)23(29)27-11-9-15(10-12-27)22-25-18-5-3-4-6-19(18)26-22/h3-8,13,15H,9-12,14H2,1-2H3,(H,25,26). The topological polar surface area (TPSA) is 75.3 Å². The molecule has 0 radical (unpaired) electrons. The number of aromatic nitrogens is 2. The number of fused-ring (bicyclic) bond motifs is 2. The van der Waals surface area contributed by atoms with Gasteiger partial charge in [-0.05, 0) is 57.0 Å². The predicted octanol–water partition coefficient (Wildman–Crippen LogP) is 4.33. The van der Waals surface area contributed by atoms with Crippen LogP contribution >= 0.6 is 0 Å². The summed E-state index contributed by atoms with van der Waals surface area (Å²) in [6.45, 7) is 5.16. The van der Waals surface area contributed by atoms with Crippen LogP contribution in [0, 0.1) is 0 Å². The number of likely N-dealkylation sites (tertiary alicyclic amines) is 1. The third-order valence-corrected chi connectivity index (χ3v) is 6.08. The zero-order valence-corrected chi connectivity index (χ0v) is 17.3. The predicted molar refractivity (Wildman–Crippen MR) is 114 cm³/mol. The first-order chi connectivity index (χ1) is 14.4. The van der Waals surface area contributed by atoms with E-state index >= 15 is 0 Å². The van der Waals surface area contributed by atoms with E-state index in [1.54, 1.807) is 18.2 Å². The number of ketones is 1. The molecule has 1 saturated heterocycles. The lowest BCUT2D eigenvalue weighted by Gasteiger charge is -2.33. The Hall–Kier alpha value is -3.15. The van der Waals surface area contributed by atoms with Crippen molar-refractivity contribution in [3.8, 4) is 5.75 Å². The fourth-order valence-electron chi connectivity index (χ4n) is 4.49. The van der Waals surface area contributed by atoms with Crippen molar-refractivity contribution in [3.63, 3.8) is 0 Å². The van der Waals surface area contributed by atoms with E-state index < -0.39 is 5.60 Å². The highest BCUT2D eigenvalue weighted by molar-refractivity contribution is 6.03. The first-order valence-electron chi connectivity index (χ1n) is 10.5. The molecule has 0 bridgehead atoms. The molecule has 1 N–H and O–H groups in total. The van der Waals surface area contributed by atoms with Gasteiger partial charge in [-0.1, -0.05) is 12.1 Å². The molecule has 30 heavy (non-hydrogen) atoms. The number of para-hydroxylation sites is 2. The molecule has 6 nitrogen and oxygen atoms in total. The number of imidazole rings is 1. The number of hydrogen-bond donors (Lipinski definition) is 1. The minimum atomic E-state index is -0.506. The highest BCUT2D eigenvalue weighted by atomic mass is 16.5. The number of Topliss-reactive ketones (excluding diaryl/α,β-unsaturated/α-hetero) is 1. The first-order valence-corrected chi connectivity index (χ1v) is 10.5. The maximum absolute atomic E-state index is 13.1. The fourth-order valence-corrected chi connectivity index (χ4v) is 4.49. The number of nitrogens with one attached hydrogen (secondary N) is 1. The molecule has 3 aromatic rings. The second-order valence-electron chi connectivity index (χ2n) is 8.88. The van der Waals surface area contributed by atoms with E-state index in [0.29, 0.717) is 42.3 Å². The number of carbonyl (C=O) groups excluding carboxylic acids is 2. The van der Waals surface area contributed by atoms with E-state index in [-0.39, 0.29) is 11.7 Å². The van der Waals surface area contributed by atoms with Gasteiger partial charge in [0, 0.05) is 24.6 Å². The van der Waals surface area contributed by atoms with Gasteiger partial charge in [0.1, 0.15) is 17.2 Å². The Kier molecular flexibility index (Phi) is 4.38. The minimum absolute atomic E-state index is 0.0273. The van der Waals surface area contributed by atoms with Crippen molar-refractivity contribution in [3.05, 3.63) is 59.4 Å². The van der Waals surface area contributed by atoms with E-state index in [0.717, 1.165) is 29.7 Å². The number of nitrogens with zero attached hydrogens (tertiary/aromatic N) is 2. The van der Waals surface area contributed by atoms with Crippen LogP contribution in [0.4, 0.5) is 0 Å². The number of aromatic amines is 1. The molecule has 2 aliphatic heterocycles. The van der Waals surface area contributed by atoms with Gasteiger partial charge in [-0.3, -0.25) is 9.59 Å². The molecule has 1 aromatic heterocycles. The molecule has 0 spiro atoms. The third-order valence-electron chi connectivity index (χ3n) is 6.08. The number of rotatable bonds is 2. The van der Waals surface area contributed by atoms with E-state index in [1.807, 2.05) is 43.0 Å². The average molecular weight is 403 g/mol. The van der Waals surface area contributed by atoms with Crippen LogP contribution in [0.15, 0.2) is 42.5 Å². The van der Waals surface area contributed by atoms with Crippen molar-refractivity contribution in [1.82, 2.24) is 14.9 Å². The summed E-state index contributed by atoms with van der Waals surface area (Å²) in [5.74, 6) is 1.89. The van der Waals surface area contributed by atoms with Crippen molar-refractivity contribution >= 4 is 22.7 Å². The Bertz CT molecular complexity index is 1110. The maximum atomic E-state index is 13.1. The number of ether oxygens (including phenoxy) is 1. The second kappa shape index (κ2) is 6.97. The van der Waals surface area contributed by atoms with Gasteiger partial charge >= 0.3 is 0 Å². The molecule has 3 heterocycles. The van der Waals surface area contributed by atoms with E-state index in [2.05, 4.69) is 4.98 Å². The zero-order valence-electron chi connectivity index (χ0n) is 17.3. The van der Waals surface area contributed by atoms with Crippen LogP contribution in [0.25, 0.3) is 11.0 Å². The van der Waals surface area contributed by atoms with Gasteiger partial charge < -0.3 is 14.6 Å². The number of amides is 1. The molecular weight excluding hydrogens is 378 g/mol. The Morgan fingerprint density at radius 3 is 2.70 bits per heavy atom. The Balaban J connectivity index is 1.29. The zero-order chi connectivity index (χ0) is 20.9. The molecule has 0 atom stereocenters. The van der Waals surface area contributed by atoms with Crippen LogP contribution in [0.3, 0.4) is 0 Å². The number of benzene rings is 2. The summed E-state index contributed by atoms with van der Waals surface area (Å²) in [6, 6.07) is 13.2. The normalized spacial score (nSPS) is 18.9. The first kappa shape index (κ1) is 18.9. The average Bonchev–Trinajstić information content (AvgIpc) is 3.17. The number of H-pyrrole nitrogens is 1. The quantitative estimate of drug-likeness (QED) is 0.691. The molecule has 1 fully saturated rings. The molecule has 1 amide bonds. The van der Waals surface area contributed by atoms with Crippen molar-refractivity contribution in [2.24, 2.45) is 0 Å². The SMILES string of the molecule is CC1(C)CC(=O)c2cc(C(=O)N3CCC(c4nc5ccccc5[nH]4)CC3)ccc2O1. The van der Waals surface area contributed by atoms with E-state index in [1.165, 1.54) is 0 Å².